The molecule has 48 valence electrons. The Hall–Kier alpha value is 0.152. The zero-order chi connectivity index (χ0) is 7.11. The quantitative estimate of drug-likeness (QED) is 0.747. The first-order chi connectivity index (χ1) is 4.31. The summed E-state index contributed by atoms with van der Waals surface area (Å²) >= 11 is -1.17. The molecular formula is C4H4O3SU. The minimum absolute atomic E-state index is 0.384. The van der Waals surface area contributed by atoms with E-state index in [1.54, 1.807) is 12.1 Å². The van der Waals surface area contributed by atoms with Crippen LogP contribution in [0.2, 0.25) is 0 Å². The number of hydrogen-bond donors (Lipinski definition) is 1. The average molecular weight is 370 g/mol. The zero-order valence-corrected chi connectivity index (χ0v) is 9.38. The summed E-state index contributed by atoms with van der Waals surface area (Å²) in [4.78, 5) is 0. The van der Waals surface area contributed by atoms with Gasteiger partial charge in [0.05, 0.1) is 0 Å². The molecule has 0 aliphatic carbocycles. The van der Waals surface area contributed by atoms with E-state index < -0.39 is 27.8 Å². The van der Waals surface area contributed by atoms with E-state index in [1.807, 2.05) is 5.38 Å². The fourth-order valence-corrected chi connectivity index (χ4v) is 0.724. The van der Waals surface area contributed by atoms with Crippen LogP contribution in [0.25, 0.3) is 0 Å². The summed E-state index contributed by atoms with van der Waals surface area (Å²) < 4.78 is 17.2. The second-order valence-corrected chi connectivity index (χ2v) is 2.65. The first kappa shape index (κ1) is 9.15. The molecule has 0 saturated heterocycles. The van der Waals surface area contributed by atoms with Gasteiger partial charge in [-0.05, 0) is 17.5 Å². The van der Waals surface area contributed by atoms with E-state index >= 15 is 0 Å². The third-order valence-corrected chi connectivity index (χ3v) is 1.18. The summed E-state index contributed by atoms with van der Waals surface area (Å²) in [6.07, 6.45) is 0. The van der Waals surface area contributed by atoms with Crippen molar-refractivity contribution in [3.63, 3.8) is 0 Å². The summed E-state index contributed by atoms with van der Waals surface area (Å²) in [5.74, 6) is 0. The fourth-order valence-electron chi connectivity index (χ4n) is 0.270. The first-order valence-electron chi connectivity index (χ1n) is 2.03. The number of rotatable bonds is 0. The maximum absolute atomic E-state index is 8.58. The second kappa shape index (κ2) is 6.27. The van der Waals surface area contributed by atoms with Crippen molar-refractivity contribution in [2.24, 2.45) is 0 Å². The van der Waals surface area contributed by atoms with Gasteiger partial charge in [0.15, 0.2) is 5.06 Å². The monoisotopic (exact) mass is 370 g/mol. The van der Waals surface area contributed by atoms with Crippen LogP contribution >= 0.6 is 11.3 Å². The van der Waals surface area contributed by atoms with Crippen LogP contribution in [0.4, 0.5) is 0 Å². The molecule has 9 heavy (non-hydrogen) atoms. The van der Waals surface area contributed by atoms with Crippen LogP contribution in [0.15, 0.2) is 17.5 Å². The Morgan fingerprint density at radius 1 is 1.56 bits per heavy atom. The normalized spacial score (nSPS) is 6.67. The summed E-state index contributed by atoms with van der Waals surface area (Å²) in [7, 11) is 0. The molecule has 0 amide bonds. The molecule has 0 spiro atoms. The zero-order valence-electron chi connectivity index (χ0n) is 4.40. The molecule has 1 aromatic rings. The Kier molecular flexibility index (Phi) is 6.38. The predicted octanol–water partition coefficient (Wildman–Crippen LogP) is 1.22. The van der Waals surface area contributed by atoms with Crippen LogP contribution in [0.3, 0.4) is 0 Å². The molecular weight excluding hydrogens is 366 g/mol. The summed E-state index contributed by atoms with van der Waals surface area (Å²) in [5.41, 5.74) is 0. The third-order valence-electron chi connectivity index (χ3n) is 0.506. The molecule has 1 rings (SSSR count). The van der Waals surface area contributed by atoms with E-state index in [-0.39, 0.29) is 0 Å². The SMILES string of the molecule is Oc1cccs1.[O]=[U]=[O]. The van der Waals surface area contributed by atoms with Gasteiger partial charge in [0.1, 0.15) is 0 Å². The first-order valence-corrected chi connectivity index (χ1v) is 6.31. The molecule has 0 unspecified atom stereocenters. The van der Waals surface area contributed by atoms with E-state index in [0.29, 0.717) is 5.06 Å². The molecule has 0 atom stereocenters. The number of hydrogen-bond acceptors (Lipinski definition) is 4. The summed E-state index contributed by atoms with van der Waals surface area (Å²) in [6.45, 7) is 0. The van der Waals surface area contributed by atoms with Gasteiger partial charge < -0.3 is 5.11 Å². The molecule has 0 fully saturated rings. The van der Waals surface area contributed by atoms with Crippen molar-refractivity contribution in [2.75, 3.05) is 0 Å². The fraction of sp³-hybridized carbons (Fsp3) is 0. The Morgan fingerprint density at radius 3 is 2.22 bits per heavy atom. The van der Waals surface area contributed by atoms with Crippen LogP contribution in [0.5, 0.6) is 5.06 Å². The predicted molar refractivity (Wildman–Crippen MR) is 27.4 cm³/mol. The van der Waals surface area contributed by atoms with E-state index in [0.717, 1.165) is 0 Å². The van der Waals surface area contributed by atoms with Gasteiger partial charge in [0.2, 0.25) is 0 Å². The summed E-state index contributed by atoms with van der Waals surface area (Å²) in [6, 6.07) is 3.46. The molecule has 0 aliphatic heterocycles. The molecule has 0 aromatic carbocycles. The molecule has 1 aromatic heterocycles. The molecule has 0 radical (unpaired) electrons. The van der Waals surface area contributed by atoms with Gasteiger partial charge in [-0.15, -0.1) is 11.3 Å². The van der Waals surface area contributed by atoms with Gasteiger partial charge in [-0.25, -0.2) is 0 Å². The molecule has 0 saturated carbocycles. The second-order valence-electron chi connectivity index (χ2n) is 1.03. The van der Waals surface area contributed by atoms with E-state index in [4.69, 9.17) is 9.58 Å². The Balaban J connectivity index is 0.000000187. The van der Waals surface area contributed by atoms with Gasteiger partial charge in [-0.1, -0.05) is 0 Å². The van der Waals surface area contributed by atoms with Crippen LogP contribution in [0.1, 0.15) is 0 Å². The molecule has 0 bridgehead atoms. The van der Waals surface area contributed by atoms with Gasteiger partial charge in [0.25, 0.3) is 0 Å². The van der Waals surface area contributed by atoms with Crippen LogP contribution in [-0.2, 0) is 4.47 Å². The van der Waals surface area contributed by atoms with E-state index in [1.165, 1.54) is 11.3 Å². The van der Waals surface area contributed by atoms with Crippen molar-refractivity contribution in [3.8, 4) is 5.06 Å². The molecule has 0 aliphatic rings. The van der Waals surface area contributed by atoms with Gasteiger partial charge >= 0.3 is 32.3 Å². The minimum atomic E-state index is -2.51. The Labute approximate surface area is 70.9 Å². The van der Waals surface area contributed by atoms with Gasteiger partial charge in [0, 0.05) is 0 Å². The molecule has 5 heteroatoms. The van der Waals surface area contributed by atoms with Crippen molar-refractivity contribution < 1.29 is 37.4 Å². The summed E-state index contributed by atoms with van der Waals surface area (Å²) in [5, 5.41) is 10.7. The van der Waals surface area contributed by atoms with Crippen molar-refractivity contribution in [3.05, 3.63) is 17.5 Å². The van der Waals surface area contributed by atoms with Crippen molar-refractivity contribution in [1.82, 2.24) is 0 Å². The Morgan fingerprint density at radius 2 is 2.11 bits per heavy atom. The van der Waals surface area contributed by atoms with E-state index in [9.17, 15) is 0 Å². The van der Waals surface area contributed by atoms with Gasteiger partial charge in [-0.3, -0.25) is 0 Å². The van der Waals surface area contributed by atoms with Crippen LogP contribution in [0, 0.1) is 27.8 Å². The number of aromatic hydroxyl groups is 1. The van der Waals surface area contributed by atoms with Crippen LogP contribution in [-0.4, -0.2) is 5.11 Å². The standard InChI is InChI=1S/C4H4OS.2O.U/c5-4-2-1-3-6-4;;;/h1-3,5H;;;. The maximum atomic E-state index is 8.58. The van der Waals surface area contributed by atoms with Crippen molar-refractivity contribution in [1.29, 1.82) is 0 Å². The third kappa shape index (κ3) is 6.03. The van der Waals surface area contributed by atoms with E-state index in [2.05, 4.69) is 0 Å². The van der Waals surface area contributed by atoms with Crippen LogP contribution < -0.4 is 0 Å². The average Bonchev–Trinajstić information content (AvgIpc) is 2.20. The van der Waals surface area contributed by atoms with Crippen molar-refractivity contribution in [2.45, 2.75) is 0 Å². The van der Waals surface area contributed by atoms with Gasteiger partial charge in [-0.2, -0.15) is 0 Å². The topological polar surface area (TPSA) is 54.4 Å². The molecule has 1 heterocycles. The van der Waals surface area contributed by atoms with Crippen molar-refractivity contribution >= 4 is 11.3 Å². The molecule has 1 N–H and O–H groups in total. The Bertz CT molecular complexity index is 178. The number of thiophene rings is 1. The molecule has 3 nitrogen and oxygen atoms in total.